The number of thiocyanates is 1. The van der Waals surface area contributed by atoms with Gasteiger partial charge in [-0.1, -0.05) is 29.8 Å². The standard InChI is InChI=1S/C23H21N3O5S3/c1-4-31-23(28)20-15(3)19(32-13-24)22(33-20)25-21(27)17-7-5-6-8-18(17)26-34(29,30)16-11-9-14(2)10-12-16/h5-12,26H,4H2,1-3H3,(H,25,27). The van der Waals surface area contributed by atoms with Gasteiger partial charge in [-0.3, -0.25) is 9.52 Å². The summed E-state index contributed by atoms with van der Waals surface area (Å²) in [4.78, 5) is 26.2. The number of thiophene rings is 1. The van der Waals surface area contributed by atoms with Crippen LogP contribution < -0.4 is 10.0 Å². The molecule has 2 aromatic carbocycles. The van der Waals surface area contributed by atoms with Crippen molar-refractivity contribution in [2.24, 2.45) is 0 Å². The van der Waals surface area contributed by atoms with Gasteiger partial charge in [-0.25, -0.2) is 13.2 Å². The maximum atomic E-state index is 13.1. The van der Waals surface area contributed by atoms with Gasteiger partial charge in [0, 0.05) is 0 Å². The number of esters is 1. The van der Waals surface area contributed by atoms with Gasteiger partial charge in [-0.2, -0.15) is 5.26 Å². The zero-order chi connectivity index (χ0) is 24.9. The summed E-state index contributed by atoms with van der Waals surface area (Å²) in [5.74, 6) is -1.14. The van der Waals surface area contributed by atoms with E-state index in [0.717, 1.165) is 28.7 Å². The minimum absolute atomic E-state index is 0.0639. The van der Waals surface area contributed by atoms with E-state index in [-0.39, 0.29) is 27.6 Å². The molecule has 0 aliphatic rings. The predicted octanol–water partition coefficient (Wildman–Crippen LogP) is 5.17. The van der Waals surface area contributed by atoms with E-state index in [2.05, 4.69) is 10.0 Å². The molecule has 0 spiro atoms. The third-order valence-electron chi connectivity index (χ3n) is 4.67. The smallest absolute Gasteiger partial charge is 0.348 e. The number of aryl methyl sites for hydroxylation is 1. The molecule has 0 aliphatic heterocycles. The first-order valence-electron chi connectivity index (χ1n) is 10.0. The summed E-state index contributed by atoms with van der Waals surface area (Å²) in [6.07, 6.45) is 0. The Morgan fingerprint density at radius 2 is 1.79 bits per heavy atom. The van der Waals surface area contributed by atoms with Gasteiger partial charge < -0.3 is 10.1 Å². The second kappa shape index (κ2) is 10.7. The number of sulfonamides is 1. The van der Waals surface area contributed by atoms with Crippen molar-refractivity contribution in [2.75, 3.05) is 16.6 Å². The highest BCUT2D eigenvalue weighted by atomic mass is 32.2. The number of amides is 1. The van der Waals surface area contributed by atoms with Crippen LogP contribution in [-0.4, -0.2) is 26.9 Å². The molecule has 1 aromatic heterocycles. The summed E-state index contributed by atoms with van der Waals surface area (Å²) in [7, 11) is -3.93. The molecule has 8 nitrogen and oxygen atoms in total. The normalized spacial score (nSPS) is 10.9. The van der Waals surface area contributed by atoms with Crippen molar-refractivity contribution in [3.05, 3.63) is 70.1 Å². The Morgan fingerprint density at radius 3 is 2.44 bits per heavy atom. The van der Waals surface area contributed by atoms with Crippen molar-refractivity contribution in [1.29, 1.82) is 5.26 Å². The van der Waals surface area contributed by atoms with Crippen molar-refractivity contribution < 1.29 is 22.7 Å². The van der Waals surface area contributed by atoms with E-state index in [9.17, 15) is 23.3 Å². The van der Waals surface area contributed by atoms with Crippen molar-refractivity contribution >= 4 is 55.7 Å². The minimum Gasteiger partial charge on any atom is -0.462 e. The Labute approximate surface area is 206 Å². The highest BCUT2D eigenvalue weighted by Gasteiger charge is 2.24. The number of carbonyl (C=O) groups excluding carboxylic acids is 2. The Hall–Kier alpha value is -3.33. The molecule has 34 heavy (non-hydrogen) atoms. The number of nitrogens with zero attached hydrogens (tertiary/aromatic N) is 1. The number of nitrogens with one attached hydrogen (secondary N) is 2. The number of thioether (sulfide) groups is 1. The first-order valence-corrected chi connectivity index (χ1v) is 13.2. The molecule has 176 valence electrons. The first kappa shape index (κ1) is 25.3. The van der Waals surface area contributed by atoms with Crippen LogP contribution in [0.4, 0.5) is 10.7 Å². The topological polar surface area (TPSA) is 125 Å². The molecule has 3 aromatic rings. The van der Waals surface area contributed by atoms with Crippen LogP contribution in [0.1, 0.15) is 38.1 Å². The van der Waals surface area contributed by atoms with E-state index in [0.29, 0.717) is 15.5 Å². The third kappa shape index (κ3) is 5.59. The molecule has 11 heteroatoms. The Morgan fingerprint density at radius 1 is 1.12 bits per heavy atom. The van der Waals surface area contributed by atoms with Crippen molar-refractivity contribution in [1.82, 2.24) is 0 Å². The van der Waals surface area contributed by atoms with Gasteiger partial charge in [0.2, 0.25) is 0 Å². The van der Waals surface area contributed by atoms with Crippen LogP contribution >= 0.6 is 23.1 Å². The van der Waals surface area contributed by atoms with Gasteiger partial charge in [0.15, 0.2) is 0 Å². The molecule has 0 bridgehead atoms. The molecule has 0 unspecified atom stereocenters. The molecule has 0 saturated heterocycles. The fourth-order valence-corrected chi connectivity index (χ4v) is 5.88. The van der Waals surface area contributed by atoms with Crippen LogP contribution in [0.2, 0.25) is 0 Å². The predicted molar refractivity (Wildman–Crippen MR) is 133 cm³/mol. The number of hydrogen-bond donors (Lipinski definition) is 2. The van der Waals surface area contributed by atoms with E-state index < -0.39 is 21.9 Å². The average molecular weight is 516 g/mol. The molecule has 0 atom stereocenters. The SMILES string of the molecule is CCOC(=O)c1sc(NC(=O)c2ccccc2NS(=O)(=O)c2ccc(C)cc2)c(SC#N)c1C. The maximum absolute atomic E-state index is 13.1. The number of anilines is 2. The van der Waals surface area contributed by atoms with E-state index in [1.54, 1.807) is 38.1 Å². The average Bonchev–Trinajstić information content (AvgIpc) is 3.10. The zero-order valence-electron chi connectivity index (χ0n) is 18.5. The number of hydrogen-bond acceptors (Lipinski definition) is 8. The van der Waals surface area contributed by atoms with Crippen molar-refractivity contribution in [2.45, 2.75) is 30.6 Å². The van der Waals surface area contributed by atoms with Crippen LogP contribution in [0, 0.1) is 24.5 Å². The third-order valence-corrected chi connectivity index (χ3v) is 8.18. The molecule has 0 aliphatic carbocycles. The van der Waals surface area contributed by atoms with Crippen LogP contribution in [-0.2, 0) is 14.8 Å². The minimum atomic E-state index is -3.93. The lowest BCUT2D eigenvalue weighted by Gasteiger charge is -2.13. The molecule has 1 amide bonds. The largest absolute Gasteiger partial charge is 0.462 e. The number of carbonyl (C=O) groups is 2. The first-order chi connectivity index (χ1) is 16.2. The molecule has 1 heterocycles. The molecule has 0 radical (unpaired) electrons. The maximum Gasteiger partial charge on any atom is 0.348 e. The number of rotatable bonds is 8. The molecular formula is C23H21N3O5S3. The monoisotopic (exact) mass is 515 g/mol. The van der Waals surface area contributed by atoms with Crippen LogP contribution in [0.3, 0.4) is 0 Å². The summed E-state index contributed by atoms with van der Waals surface area (Å²) in [5, 5.41) is 14.1. The van der Waals surface area contributed by atoms with Crippen molar-refractivity contribution in [3.8, 4) is 5.40 Å². The molecule has 0 fully saturated rings. The fraction of sp³-hybridized carbons (Fsp3) is 0.174. The van der Waals surface area contributed by atoms with Crippen molar-refractivity contribution in [3.63, 3.8) is 0 Å². The lowest BCUT2D eigenvalue weighted by atomic mass is 10.1. The highest BCUT2D eigenvalue weighted by molar-refractivity contribution is 8.04. The Bertz CT molecular complexity index is 1370. The van der Waals surface area contributed by atoms with E-state index >= 15 is 0 Å². The molecular weight excluding hydrogens is 494 g/mol. The lowest BCUT2D eigenvalue weighted by molar-refractivity contribution is 0.0531. The van der Waals surface area contributed by atoms with Crippen LogP contribution in [0.5, 0.6) is 0 Å². The van der Waals surface area contributed by atoms with Gasteiger partial charge in [0.1, 0.15) is 15.3 Å². The van der Waals surface area contributed by atoms with E-state index in [1.807, 2.05) is 12.3 Å². The highest BCUT2D eigenvalue weighted by Crippen LogP contribution is 2.40. The van der Waals surface area contributed by atoms with Gasteiger partial charge in [0.25, 0.3) is 15.9 Å². The summed E-state index contributed by atoms with van der Waals surface area (Å²) in [6.45, 7) is 5.39. The number of para-hydroxylation sites is 1. The number of nitriles is 1. The summed E-state index contributed by atoms with van der Waals surface area (Å²) >= 11 is 1.81. The summed E-state index contributed by atoms with van der Waals surface area (Å²) < 4.78 is 33.2. The van der Waals surface area contributed by atoms with Gasteiger partial charge >= 0.3 is 5.97 Å². The lowest BCUT2D eigenvalue weighted by Crippen LogP contribution is -2.18. The van der Waals surface area contributed by atoms with E-state index in [4.69, 9.17) is 4.74 Å². The van der Waals surface area contributed by atoms with Gasteiger partial charge in [-0.15, -0.1) is 11.3 Å². The number of ether oxygens (including phenoxy) is 1. The van der Waals surface area contributed by atoms with Gasteiger partial charge in [0.05, 0.1) is 27.6 Å². The van der Waals surface area contributed by atoms with Crippen LogP contribution in [0.15, 0.2) is 58.3 Å². The van der Waals surface area contributed by atoms with E-state index in [1.165, 1.54) is 24.3 Å². The molecule has 2 N–H and O–H groups in total. The van der Waals surface area contributed by atoms with Gasteiger partial charge in [-0.05, 0) is 62.4 Å². The molecule has 0 saturated carbocycles. The number of benzene rings is 2. The quantitative estimate of drug-likeness (QED) is 0.241. The second-order valence-electron chi connectivity index (χ2n) is 7.05. The van der Waals surface area contributed by atoms with Crippen LogP contribution in [0.25, 0.3) is 0 Å². The summed E-state index contributed by atoms with van der Waals surface area (Å²) in [6, 6.07) is 12.5. The zero-order valence-corrected chi connectivity index (χ0v) is 21.0. The Balaban J connectivity index is 1.92. The second-order valence-corrected chi connectivity index (χ2v) is 10.5. The molecule has 3 rings (SSSR count). The Kier molecular flexibility index (Phi) is 7.98. The fourth-order valence-electron chi connectivity index (χ4n) is 3.00. The summed E-state index contributed by atoms with van der Waals surface area (Å²) in [5.41, 5.74) is 1.61.